The zero-order valence-corrected chi connectivity index (χ0v) is 14.9. The topological polar surface area (TPSA) is 95.0 Å². The predicted molar refractivity (Wildman–Crippen MR) is 98.0 cm³/mol. The van der Waals surface area contributed by atoms with Gasteiger partial charge in [0.1, 0.15) is 6.54 Å². The summed E-state index contributed by atoms with van der Waals surface area (Å²) in [6.45, 7) is 1.88. The second kappa shape index (κ2) is 7.64. The molecule has 136 valence electrons. The Hall–Kier alpha value is -2.76. The Bertz CT molecular complexity index is 884. The van der Waals surface area contributed by atoms with E-state index in [9.17, 15) is 14.4 Å². The van der Waals surface area contributed by atoms with E-state index in [-0.39, 0.29) is 23.8 Å². The maximum atomic E-state index is 12.5. The lowest BCUT2D eigenvalue weighted by molar-refractivity contribution is -0.118. The summed E-state index contributed by atoms with van der Waals surface area (Å²) in [5, 5.41) is 4.26. The number of amides is 1. The second-order valence-corrected chi connectivity index (χ2v) is 6.87. The molecule has 0 bridgehead atoms. The van der Waals surface area contributed by atoms with Gasteiger partial charge in [0, 0.05) is 18.1 Å². The Labute approximate surface area is 152 Å². The fourth-order valence-electron chi connectivity index (χ4n) is 3.45. The summed E-state index contributed by atoms with van der Waals surface area (Å²) >= 11 is 0. The number of ketones is 1. The number of aromatic nitrogens is 2. The van der Waals surface area contributed by atoms with E-state index in [1.165, 1.54) is 11.6 Å². The third-order valence-corrected chi connectivity index (χ3v) is 4.93. The van der Waals surface area contributed by atoms with Gasteiger partial charge in [0.05, 0.1) is 5.69 Å². The predicted octanol–water partition coefficient (Wildman–Crippen LogP) is 1.67. The molecule has 2 aromatic rings. The molecule has 1 amide bonds. The number of fused-ring (bicyclic) bond motifs is 1. The highest BCUT2D eigenvalue weighted by atomic mass is 16.2. The number of hydrogen-bond donors (Lipinski definition) is 1. The quantitative estimate of drug-likeness (QED) is 0.799. The van der Waals surface area contributed by atoms with E-state index in [1.807, 2.05) is 24.3 Å². The molecule has 0 radical (unpaired) electrons. The van der Waals surface area contributed by atoms with Crippen LogP contribution in [-0.4, -0.2) is 21.5 Å². The number of primary amides is 1. The molecule has 0 saturated heterocycles. The largest absolute Gasteiger partial charge is 0.368 e. The van der Waals surface area contributed by atoms with E-state index in [1.54, 1.807) is 0 Å². The summed E-state index contributed by atoms with van der Waals surface area (Å²) in [4.78, 5) is 35.6. The first-order valence-electron chi connectivity index (χ1n) is 8.96. The molecule has 3 rings (SSSR count). The van der Waals surface area contributed by atoms with Crippen molar-refractivity contribution in [2.45, 2.75) is 45.6 Å². The van der Waals surface area contributed by atoms with Gasteiger partial charge >= 0.3 is 0 Å². The number of carbonyl (C=O) groups is 2. The number of nitrogens with zero attached hydrogens (tertiary/aromatic N) is 2. The normalized spacial score (nSPS) is 16.1. The van der Waals surface area contributed by atoms with Gasteiger partial charge in [0.25, 0.3) is 5.56 Å². The highest BCUT2D eigenvalue weighted by Gasteiger charge is 2.24. The van der Waals surface area contributed by atoms with Crippen molar-refractivity contribution >= 4 is 11.7 Å². The van der Waals surface area contributed by atoms with Gasteiger partial charge in [-0.05, 0) is 42.7 Å². The summed E-state index contributed by atoms with van der Waals surface area (Å²) in [7, 11) is 0. The van der Waals surface area contributed by atoms with E-state index in [0.29, 0.717) is 19.3 Å². The van der Waals surface area contributed by atoms with E-state index >= 15 is 0 Å². The molecular weight excluding hydrogens is 330 g/mol. The first-order valence-corrected chi connectivity index (χ1v) is 8.96. The van der Waals surface area contributed by atoms with Crippen LogP contribution in [0.1, 0.15) is 46.9 Å². The lowest BCUT2D eigenvalue weighted by atomic mass is 9.83. The van der Waals surface area contributed by atoms with Crippen molar-refractivity contribution in [1.29, 1.82) is 0 Å². The SMILES string of the molecule is CCc1ccc(C(=O)CC2CCc3nn(CC(N)=O)c(=O)cc3C2)cc1. The maximum Gasteiger partial charge on any atom is 0.267 e. The van der Waals surface area contributed by atoms with Crippen LogP contribution in [0.15, 0.2) is 35.1 Å². The van der Waals surface area contributed by atoms with Crippen LogP contribution in [0, 0.1) is 5.92 Å². The van der Waals surface area contributed by atoms with Gasteiger partial charge in [0.15, 0.2) is 5.78 Å². The summed E-state index contributed by atoms with van der Waals surface area (Å²) in [6.07, 6.45) is 3.62. The monoisotopic (exact) mass is 353 g/mol. The maximum absolute atomic E-state index is 12.5. The molecule has 1 atom stereocenters. The van der Waals surface area contributed by atoms with Gasteiger partial charge in [0.2, 0.25) is 5.91 Å². The van der Waals surface area contributed by atoms with Crippen LogP contribution in [0.25, 0.3) is 0 Å². The van der Waals surface area contributed by atoms with E-state index in [0.717, 1.165) is 34.3 Å². The van der Waals surface area contributed by atoms with Gasteiger partial charge in [-0.2, -0.15) is 5.10 Å². The molecule has 1 aliphatic carbocycles. The first kappa shape index (κ1) is 18.0. The second-order valence-electron chi connectivity index (χ2n) is 6.87. The zero-order valence-electron chi connectivity index (χ0n) is 14.9. The molecule has 1 heterocycles. The Balaban J connectivity index is 1.69. The van der Waals surface area contributed by atoms with Crippen LogP contribution < -0.4 is 11.3 Å². The van der Waals surface area contributed by atoms with Crippen LogP contribution in [0.3, 0.4) is 0 Å². The number of aryl methyl sites for hydroxylation is 2. The molecule has 1 aromatic heterocycles. The van der Waals surface area contributed by atoms with Crippen molar-refractivity contribution in [2.24, 2.45) is 11.7 Å². The van der Waals surface area contributed by atoms with Gasteiger partial charge in [-0.3, -0.25) is 14.4 Å². The van der Waals surface area contributed by atoms with Gasteiger partial charge in [-0.1, -0.05) is 31.2 Å². The number of Topliss-reactive ketones (excluding diaryl/α,β-unsaturated/α-hetero) is 1. The molecular formula is C20H23N3O3. The van der Waals surface area contributed by atoms with E-state index < -0.39 is 5.91 Å². The molecule has 0 spiro atoms. The number of nitrogens with two attached hydrogens (primary N) is 1. The zero-order chi connectivity index (χ0) is 18.7. The lowest BCUT2D eigenvalue weighted by Gasteiger charge is -2.23. The fraction of sp³-hybridized carbons (Fsp3) is 0.400. The van der Waals surface area contributed by atoms with Crippen molar-refractivity contribution in [2.75, 3.05) is 0 Å². The van der Waals surface area contributed by atoms with Gasteiger partial charge in [-0.25, -0.2) is 4.68 Å². The van der Waals surface area contributed by atoms with Crippen LogP contribution in [0.2, 0.25) is 0 Å². The summed E-state index contributed by atoms with van der Waals surface area (Å²) < 4.78 is 1.11. The van der Waals surface area contributed by atoms with Crippen LogP contribution in [0.5, 0.6) is 0 Å². The third kappa shape index (κ3) is 4.07. The molecule has 6 heteroatoms. The number of benzene rings is 1. The average Bonchev–Trinajstić information content (AvgIpc) is 2.62. The highest BCUT2D eigenvalue weighted by molar-refractivity contribution is 5.96. The Kier molecular flexibility index (Phi) is 5.30. The smallest absolute Gasteiger partial charge is 0.267 e. The molecule has 0 fully saturated rings. The van der Waals surface area contributed by atoms with Gasteiger partial charge < -0.3 is 5.73 Å². The minimum atomic E-state index is -0.590. The molecule has 1 aliphatic rings. The van der Waals surface area contributed by atoms with Gasteiger partial charge in [-0.15, -0.1) is 0 Å². The molecule has 26 heavy (non-hydrogen) atoms. The molecule has 2 N–H and O–H groups in total. The minimum absolute atomic E-state index is 0.135. The summed E-state index contributed by atoms with van der Waals surface area (Å²) in [5.41, 5.74) is 8.46. The van der Waals surface area contributed by atoms with Crippen molar-refractivity contribution in [1.82, 2.24) is 9.78 Å². The van der Waals surface area contributed by atoms with Crippen molar-refractivity contribution in [3.8, 4) is 0 Å². The van der Waals surface area contributed by atoms with Crippen LogP contribution >= 0.6 is 0 Å². The van der Waals surface area contributed by atoms with Crippen LogP contribution in [-0.2, 0) is 30.6 Å². The Morgan fingerprint density at radius 1 is 1.27 bits per heavy atom. The van der Waals surface area contributed by atoms with Crippen molar-refractivity contribution in [3.63, 3.8) is 0 Å². The fourth-order valence-corrected chi connectivity index (χ4v) is 3.45. The number of hydrogen-bond acceptors (Lipinski definition) is 4. The Morgan fingerprint density at radius 2 is 2.00 bits per heavy atom. The van der Waals surface area contributed by atoms with E-state index in [4.69, 9.17) is 5.73 Å². The van der Waals surface area contributed by atoms with Crippen molar-refractivity contribution in [3.05, 3.63) is 63.1 Å². The summed E-state index contributed by atoms with van der Waals surface area (Å²) in [6, 6.07) is 9.30. The first-order chi connectivity index (χ1) is 12.5. The summed E-state index contributed by atoms with van der Waals surface area (Å²) in [5.74, 6) is -0.252. The van der Waals surface area contributed by atoms with E-state index in [2.05, 4.69) is 12.0 Å². The molecule has 0 saturated carbocycles. The molecule has 1 unspecified atom stereocenters. The average molecular weight is 353 g/mol. The molecule has 0 aliphatic heterocycles. The van der Waals surface area contributed by atoms with Crippen molar-refractivity contribution < 1.29 is 9.59 Å². The molecule has 1 aromatic carbocycles. The Morgan fingerprint density at radius 3 is 2.65 bits per heavy atom. The van der Waals surface area contributed by atoms with Crippen LogP contribution in [0.4, 0.5) is 0 Å². The molecule has 6 nitrogen and oxygen atoms in total. The lowest BCUT2D eigenvalue weighted by Crippen LogP contribution is -2.32. The highest BCUT2D eigenvalue weighted by Crippen LogP contribution is 2.26. The number of rotatable bonds is 6. The standard InChI is InChI=1S/C20H23N3O3/c1-2-13-3-6-15(7-4-13)18(24)10-14-5-8-17-16(9-14)11-20(26)23(22-17)12-19(21)25/h3-4,6-7,11,14H,2,5,8-10,12H2,1H3,(H2,21,25). The number of carbonyl (C=O) groups excluding carboxylic acids is 2. The minimum Gasteiger partial charge on any atom is -0.368 e. The third-order valence-electron chi connectivity index (χ3n) is 4.93.